The lowest BCUT2D eigenvalue weighted by atomic mass is 10.1. The Morgan fingerprint density at radius 1 is 1.15 bits per heavy atom. The molecule has 1 fully saturated rings. The highest BCUT2D eigenvalue weighted by Gasteiger charge is 2.33. The molecule has 0 radical (unpaired) electrons. The third-order valence-corrected chi connectivity index (χ3v) is 8.99. The largest absolute Gasteiger partial charge is 0.417 e. The van der Waals surface area contributed by atoms with Crippen molar-refractivity contribution in [3.05, 3.63) is 35.0 Å². The monoisotopic (exact) mass is 396 g/mol. The van der Waals surface area contributed by atoms with E-state index in [9.17, 15) is 18.0 Å². The number of H-pyrrole nitrogens is 1. The Morgan fingerprint density at radius 2 is 1.78 bits per heavy atom. The minimum atomic E-state index is -4.45. The summed E-state index contributed by atoms with van der Waals surface area (Å²) in [6.07, 6.45) is -0.358. The topological polar surface area (TPSA) is 44.9 Å². The van der Waals surface area contributed by atoms with E-state index < -0.39 is 19.8 Å². The molecule has 1 aliphatic rings. The van der Waals surface area contributed by atoms with Crippen molar-refractivity contribution in [2.45, 2.75) is 70.0 Å². The minimum absolute atomic E-state index is 0.0451. The first kappa shape index (κ1) is 20.0. The van der Waals surface area contributed by atoms with Gasteiger partial charge < -0.3 is 10.3 Å². The summed E-state index contributed by atoms with van der Waals surface area (Å²) in [5, 5.41) is 3.07. The van der Waals surface area contributed by atoms with Gasteiger partial charge in [0.15, 0.2) is 0 Å². The third-order valence-electron chi connectivity index (χ3n) is 5.58. The highest BCUT2D eigenvalue weighted by molar-refractivity contribution is 6.77. The predicted molar refractivity (Wildman–Crippen MR) is 105 cm³/mol. The van der Waals surface area contributed by atoms with E-state index in [-0.39, 0.29) is 23.0 Å². The molecule has 2 aromatic rings. The zero-order chi connectivity index (χ0) is 19.8. The highest BCUT2D eigenvalue weighted by Crippen LogP contribution is 2.36. The van der Waals surface area contributed by atoms with E-state index >= 15 is 0 Å². The molecule has 1 aromatic carbocycles. The summed E-state index contributed by atoms with van der Waals surface area (Å²) in [4.78, 5) is 15.5. The van der Waals surface area contributed by atoms with Crippen LogP contribution in [-0.2, 0) is 6.18 Å². The van der Waals surface area contributed by atoms with E-state index in [1.54, 1.807) is 13.0 Å². The van der Waals surface area contributed by atoms with Crippen LogP contribution >= 0.6 is 0 Å². The molecule has 0 unspecified atom stereocenters. The van der Waals surface area contributed by atoms with E-state index in [1.807, 2.05) is 0 Å². The van der Waals surface area contributed by atoms with Crippen LogP contribution in [0.4, 0.5) is 13.2 Å². The highest BCUT2D eigenvalue weighted by atomic mass is 28.3. The van der Waals surface area contributed by atoms with Crippen molar-refractivity contribution >= 4 is 24.9 Å². The molecule has 2 N–H and O–H groups in total. The van der Waals surface area contributed by atoms with Crippen molar-refractivity contribution in [3.63, 3.8) is 0 Å². The van der Waals surface area contributed by atoms with Gasteiger partial charge in [0.1, 0.15) is 5.69 Å². The molecule has 0 spiro atoms. The second kappa shape index (κ2) is 7.34. The molecule has 7 heteroatoms. The Balaban J connectivity index is 1.78. The van der Waals surface area contributed by atoms with Crippen molar-refractivity contribution in [2.75, 3.05) is 0 Å². The molecule has 0 aliphatic carbocycles. The van der Waals surface area contributed by atoms with Gasteiger partial charge in [-0.25, -0.2) is 0 Å². The molecule has 3 nitrogen and oxygen atoms in total. The van der Waals surface area contributed by atoms with Crippen molar-refractivity contribution in [2.24, 2.45) is 0 Å². The summed E-state index contributed by atoms with van der Waals surface area (Å²) in [7, 11) is -1.08. The summed E-state index contributed by atoms with van der Waals surface area (Å²) < 4.78 is 39.9. The zero-order valence-electron chi connectivity index (χ0n) is 16.1. The second-order valence-corrected chi connectivity index (χ2v) is 13.9. The first-order valence-electron chi connectivity index (χ1n) is 9.57. The van der Waals surface area contributed by atoms with Crippen molar-refractivity contribution in [1.29, 1.82) is 0 Å². The molecule has 1 saturated heterocycles. The summed E-state index contributed by atoms with van der Waals surface area (Å²) >= 11 is 0. The normalized spacial score (nSPS) is 18.9. The number of hydrogen-bond acceptors (Lipinski definition) is 1. The average molecular weight is 397 g/mol. The van der Waals surface area contributed by atoms with Gasteiger partial charge in [-0.15, -0.1) is 0 Å². The maximum absolute atomic E-state index is 13.3. The average Bonchev–Trinajstić information content (AvgIpc) is 2.94. The van der Waals surface area contributed by atoms with Crippen LogP contribution in [0.25, 0.3) is 10.9 Å². The Labute approximate surface area is 158 Å². The van der Waals surface area contributed by atoms with E-state index in [4.69, 9.17) is 0 Å². The fraction of sp³-hybridized carbons (Fsp3) is 0.550. The molecule has 148 valence electrons. The van der Waals surface area contributed by atoms with Crippen molar-refractivity contribution in [1.82, 2.24) is 10.3 Å². The van der Waals surface area contributed by atoms with E-state index in [1.165, 1.54) is 18.2 Å². The molecule has 2 heterocycles. The minimum Gasteiger partial charge on any atom is -0.351 e. The van der Waals surface area contributed by atoms with Gasteiger partial charge in [0.05, 0.1) is 5.56 Å². The van der Waals surface area contributed by atoms with Crippen LogP contribution in [-0.4, -0.2) is 25.0 Å². The van der Waals surface area contributed by atoms with Gasteiger partial charge in [-0.3, -0.25) is 4.79 Å². The zero-order valence-corrected chi connectivity index (χ0v) is 17.1. The van der Waals surface area contributed by atoms with Crippen LogP contribution in [0.15, 0.2) is 18.2 Å². The Morgan fingerprint density at radius 3 is 2.37 bits per heavy atom. The first-order valence-corrected chi connectivity index (χ1v) is 13.0. The van der Waals surface area contributed by atoms with Crippen molar-refractivity contribution < 1.29 is 18.0 Å². The quantitative estimate of drug-likeness (QED) is 0.612. The molecule has 1 amide bonds. The van der Waals surface area contributed by atoms with Gasteiger partial charge in [0.25, 0.3) is 5.91 Å². The Kier molecular flexibility index (Phi) is 5.43. The fourth-order valence-electron chi connectivity index (χ4n) is 4.07. The van der Waals surface area contributed by atoms with Gasteiger partial charge in [0, 0.05) is 25.0 Å². The molecule has 0 atom stereocenters. The molecule has 3 rings (SSSR count). The number of rotatable bonds is 2. The Bertz CT molecular complexity index is 830. The van der Waals surface area contributed by atoms with E-state index in [0.29, 0.717) is 11.1 Å². The lowest BCUT2D eigenvalue weighted by Gasteiger charge is -2.28. The van der Waals surface area contributed by atoms with E-state index in [0.717, 1.165) is 31.7 Å². The van der Waals surface area contributed by atoms with Crippen molar-refractivity contribution in [3.8, 4) is 0 Å². The number of aromatic amines is 1. The second-order valence-electron chi connectivity index (χ2n) is 8.57. The number of alkyl halides is 3. The number of aryl methyl sites for hydroxylation is 1. The van der Waals surface area contributed by atoms with Gasteiger partial charge in [-0.2, -0.15) is 13.2 Å². The number of aromatic nitrogens is 1. The molecule has 1 aromatic heterocycles. The maximum atomic E-state index is 13.3. The SMILES string of the molecule is Cc1cc(C(F)(F)F)c2cc(C(=O)NC3CCC[Si](C)(C)CCC3)[nH]c2c1. The van der Waals surface area contributed by atoms with Crippen LogP contribution < -0.4 is 5.32 Å². The standard InChI is InChI=1S/C20H27F3N2OSi/c1-13-10-16(20(21,22)23)15-12-18(25-17(15)11-13)19(26)24-14-6-4-8-27(2,3)9-5-7-14/h10-12,14,25H,4-9H2,1-3H3,(H,24,26). The smallest absolute Gasteiger partial charge is 0.351 e. The number of fused-ring (bicyclic) bond motifs is 1. The molecular formula is C20H27F3N2OSi. The lowest BCUT2D eigenvalue weighted by molar-refractivity contribution is -0.136. The van der Waals surface area contributed by atoms with Crippen LogP contribution in [0, 0.1) is 6.92 Å². The summed E-state index contributed by atoms with van der Waals surface area (Å²) in [5.41, 5.74) is 0.345. The fourth-order valence-corrected chi connectivity index (χ4v) is 6.64. The maximum Gasteiger partial charge on any atom is 0.417 e. The number of carbonyl (C=O) groups is 1. The van der Waals surface area contributed by atoms with Crippen LogP contribution in [0.2, 0.25) is 25.2 Å². The number of hydrogen-bond donors (Lipinski definition) is 2. The molecule has 0 bridgehead atoms. The number of halogens is 3. The van der Waals surface area contributed by atoms with Gasteiger partial charge in [0.2, 0.25) is 0 Å². The predicted octanol–water partition coefficient (Wildman–Crippen LogP) is 5.88. The molecule has 27 heavy (non-hydrogen) atoms. The van der Waals surface area contributed by atoms with Crippen LogP contribution in [0.3, 0.4) is 0 Å². The van der Waals surface area contributed by atoms with Gasteiger partial charge >= 0.3 is 6.18 Å². The first-order chi connectivity index (χ1) is 12.5. The summed E-state index contributed by atoms with van der Waals surface area (Å²) in [6.45, 7) is 6.45. The number of nitrogens with one attached hydrogen (secondary N) is 2. The van der Waals surface area contributed by atoms with Crippen LogP contribution in [0.1, 0.15) is 47.3 Å². The third kappa shape index (κ3) is 4.75. The Hall–Kier alpha value is -1.76. The number of carbonyl (C=O) groups excluding carboxylic acids is 1. The molecular weight excluding hydrogens is 369 g/mol. The number of amides is 1. The van der Waals surface area contributed by atoms with E-state index in [2.05, 4.69) is 23.4 Å². The molecule has 1 aliphatic heterocycles. The molecule has 0 saturated carbocycles. The summed E-state index contributed by atoms with van der Waals surface area (Å²) in [5.74, 6) is -0.320. The number of benzene rings is 1. The van der Waals surface area contributed by atoms with Crippen LogP contribution in [0.5, 0.6) is 0 Å². The van der Waals surface area contributed by atoms with Gasteiger partial charge in [-0.05, 0) is 43.5 Å². The summed E-state index contributed by atoms with van der Waals surface area (Å²) in [6, 6.07) is 6.71. The van der Waals surface area contributed by atoms with Gasteiger partial charge in [-0.1, -0.05) is 38.0 Å². The lowest BCUT2D eigenvalue weighted by Crippen LogP contribution is -2.37.